The van der Waals surface area contributed by atoms with Crippen LogP contribution in [0.2, 0.25) is 0 Å². The topological polar surface area (TPSA) is 95.9 Å². The summed E-state index contributed by atoms with van der Waals surface area (Å²) in [7, 11) is 0. The Bertz CT molecular complexity index is 1020. The summed E-state index contributed by atoms with van der Waals surface area (Å²) < 4.78 is 5.46. The highest BCUT2D eigenvalue weighted by atomic mass is 16.5. The van der Waals surface area contributed by atoms with Crippen molar-refractivity contribution in [1.29, 1.82) is 0 Å². The number of amides is 1. The number of ether oxygens (including phenoxy) is 1. The van der Waals surface area contributed by atoms with Crippen molar-refractivity contribution in [2.24, 2.45) is 0 Å². The van der Waals surface area contributed by atoms with Gasteiger partial charge in [-0.15, -0.1) is 0 Å². The van der Waals surface area contributed by atoms with Gasteiger partial charge in [0.05, 0.1) is 25.4 Å². The first kappa shape index (κ1) is 61.1. The van der Waals surface area contributed by atoms with Crippen molar-refractivity contribution in [3.63, 3.8) is 0 Å². The summed E-state index contributed by atoms with van der Waals surface area (Å²) in [4.78, 5) is 24.4. The molecule has 0 aromatic carbocycles. The molecule has 0 aliphatic heterocycles. The molecule has 3 N–H and O–H groups in total. The molecule has 2 atom stereocenters. The van der Waals surface area contributed by atoms with Gasteiger partial charge in [-0.05, 0) is 57.8 Å². The zero-order chi connectivity index (χ0) is 45.8. The Balaban J connectivity index is 3.36. The molecule has 0 heterocycles. The maximum atomic E-state index is 12.4. The van der Waals surface area contributed by atoms with E-state index in [9.17, 15) is 19.8 Å². The molecule has 0 radical (unpaired) electrons. The lowest BCUT2D eigenvalue weighted by Gasteiger charge is -2.20. The van der Waals surface area contributed by atoms with Crippen molar-refractivity contribution < 1.29 is 24.5 Å². The number of rotatable bonds is 51. The van der Waals surface area contributed by atoms with Crippen LogP contribution in [-0.4, -0.2) is 47.4 Å². The van der Waals surface area contributed by atoms with E-state index in [2.05, 4.69) is 43.5 Å². The van der Waals surface area contributed by atoms with Crippen LogP contribution in [0.25, 0.3) is 0 Å². The van der Waals surface area contributed by atoms with Crippen LogP contribution in [0.5, 0.6) is 0 Å². The van der Waals surface area contributed by atoms with Crippen molar-refractivity contribution in [2.45, 2.75) is 302 Å². The van der Waals surface area contributed by atoms with Gasteiger partial charge in [-0.25, -0.2) is 0 Å². The van der Waals surface area contributed by atoms with Crippen LogP contribution in [-0.2, 0) is 14.3 Å². The number of allylic oxidation sites excluding steroid dienone is 5. The first-order valence-electron chi connectivity index (χ1n) is 27.8. The van der Waals surface area contributed by atoms with Crippen molar-refractivity contribution in [3.8, 4) is 0 Å². The highest BCUT2D eigenvalue weighted by Gasteiger charge is 2.18. The van der Waals surface area contributed by atoms with Crippen LogP contribution >= 0.6 is 0 Å². The third-order valence-electron chi connectivity index (χ3n) is 12.6. The Hall–Kier alpha value is -1.92. The van der Waals surface area contributed by atoms with E-state index in [4.69, 9.17) is 4.74 Å². The highest BCUT2D eigenvalue weighted by Crippen LogP contribution is 2.17. The molecule has 0 fully saturated rings. The normalized spacial score (nSPS) is 12.9. The van der Waals surface area contributed by atoms with Gasteiger partial charge in [-0.3, -0.25) is 9.59 Å². The van der Waals surface area contributed by atoms with E-state index in [-0.39, 0.29) is 18.5 Å². The molecule has 63 heavy (non-hydrogen) atoms. The largest absolute Gasteiger partial charge is 0.466 e. The average molecular weight is 886 g/mol. The van der Waals surface area contributed by atoms with Gasteiger partial charge in [-0.2, -0.15) is 0 Å². The van der Waals surface area contributed by atoms with Crippen molar-refractivity contribution >= 4 is 11.9 Å². The number of aliphatic hydroxyl groups is 2. The van der Waals surface area contributed by atoms with Gasteiger partial charge in [0.2, 0.25) is 5.91 Å². The Morgan fingerprint density at radius 3 is 1.27 bits per heavy atom. The van der Waals surface area contributed by atoms with E-state index in [0.717, 1.165) is 51.4 Å². The molecule has 0 spiro atoms. The maximum absolute atomic E-state index is 12.4. The molecule has 370 valence electrons. The lowest BCUT2D eigenvalue weighted by Crippen LogP contribution is -2.45. The maximum Gasteiger partial charge on any atom is 0.305 e. The van der Waals surface area contributed by atoms with Crippen LogP contribution in [0, 0.1) is 0 Å². The number of hydrogen-bond acceptors (Lipinski definition) is 5. The number of carbonyl (C=O) groups is 2. The number of carbonyl (C=O) groups excluding carboxylic acids is 2. The van der Waals surface area contributed by atoms with Gasteiger partial charge >= 0.3 is 5.97 Å². The first-order chi connectivity index (χ1) is 31.0. The van der Waals surface area contributed by atoms with E-state index in [1.54, 1.807) is 6.08 Å². The molecule has 6 nitrogen and oxygen atoms in total. The molecule has 0 aliphatic carbocycles. The molecular weight excluding hydrogens is 779 g/mol. The molecule has 0 aromatic heterocycles. The summed E-state index contributed by atoms with van der Waals surface area (Å²) in [5.41, 5.74) is 0. The highest BCUT2D eigenvalue weighted by molar-refractivity contribution is 5.76. The molecule has 0 aliphatic rings. The van der Waals surface area contributed by atoms with Crippen LogP contribution in [0.15, 0.2) is 36.5 Å². The SMILES string of the molecule is CCC/C=C\C/C=C\CCCCCCCC(=O)OCCCCCCCCCCCCCCCCCCCCCCCCCCC(=O)NC(CO)C(O)/C=C/CCCCCCCCC. The lowest BCUT2D eigenvalue weighted by atomic mass is 10.0. The fraction of sp³-hybridized carbons (Fsp3) is 0.860. The van der Waals surface area contributed by atoms with Gasteiger partial charge in [0, 0.05) is 12.8 Å². The second kappa shape index (κ2) is 52.7. The number of nitrogens with one attached hydrogen (secondary N) is 1. The van der Waals surface area contributed by atoms with Gasteiger partial charge in [0.25, 0.3) is 0 Å². The van der Waals surface area contributed by atoms with Gasteiger partial charge < -0.3 is 20.3 Å². The summed E-state index contributed by atoms with van der Waals surface area (Å²) in [6, 6.07) is -0.625. The van der Waals surface area contributed by atoms with Gasteiger partial charge in [0.15, 0.2) is 0 Å². The predicted molar refractivity (Wildman–Crippen MR) is 273 cm³/mol. The number of unbranched alkanes of at least 4 members (excludes halogenated alkanes) is 36. The zero-order valence-electron chi connectivity index (χ0n) is 42.1. The minimum Gasteiger partial charge on any atom is -0.466 e. The quantitative estimate of drug-likeness (QED) is 0.0321. The van der Waals surface area contributed by atoms with E-state index in [1.165, 1.54) is 212 Å². The van der Waals surface area contributed by atoms with Crippen LogP contribution in [0.1, 0.15) is 290 Å². The third-order valence-corrected chi connectivity index (χ3v) is 12.6. The molecule has 0 saturated heterocycles. The summed E-state index contributed by atoms with van der Waals surface area (Å²) in [5, 5.41) is 22.9. The second-order valence-corrected chi connectivity index (χ2v) is 18.9. The Labute approximate surface area is 392 Å². The molecule has 0 rings (SSSR count). The third kappa shape index (κ3) is 49.4. The predicted octanol–water partition coefficient (Wildman–Crippen LogP) is 16.9. The molecule has 1 amide bonds. The van der Waals surface area contributed by atoms with E-state index in [1.807, 2.05) is 6.08 Å². The Morgan fingerprint density at radius 1 is 0.444 bits per heavy atom. The minimum absolute atomic E-state index is 0.00103. The molecular formula is C57H107NO5. The summed E-state index contributed by atoms with van der Waals surface area (Å²) in [6.07, 6.45) is 64.6. The zero-order valence-corrected chi connectivity index (χ0v) is 42.1. The lowest BCUT2D eigenvalue weighted by molar-refractivity contribution is -0.143. The first-order valence-corrected chi connectivity index (χ1v) is 27.8. The van der Waals surface area contributed by atoms with Crippen molar-refractivity contribution in [1.82, 2.24) is 5.32 Å². The van der Waals surface area contributed by atoms with E-state index in [0.29, 0.717) is 19.4 Å². The molecule has 0 bridgehead atoms. The molecule has 2 unspecified atom stereocenters. The second-order valence-electron chi connectivity index (χ2n) is 18.9. The standard InChI is InChI=1S/C57H107NO5/c1-3-5-7-9-11-13-14-27-31-35-39-43-47-51-57(62)63-52-48-44-40-36-32-29-26-24-22-20-18-16-15-17-19-21-23-25-28-30-34-38-42-46-50-56(61)58-54(53-59)55(60)49-45-41-37-33-12-10-8-6-4-2/h7,9,13-14,45,49,54-55,59-60H,3-6,8,10-12,15-44,46-48,50-53H2,1-2H3,(H,58,61)/b9-7-,14-13-,49-45+. The van der Waals surface area contributed by atoms with E-state index >= 15 is 0 Å². The summed E-state index contributed by atoms with van der Waals surface area (Å²) >= 11 is 0. The number of hydrogen-bond donors (Lipinski definition) is 3. The fourth-order valence-electron chi connectivity index (χ4n) is 8.38. The molecule has 0 saturated carbocycles. The smallest absolute Gasteiger partial charge is 0.305 e. The van der Waals surface area contributed by atoms with Crippen LogP contribution in [0.3, 0.4) is 0 Å². The Kier molecular flexibility index (Phi) is 51.1. The number of aliphatic hydroxyl groups excluding tert-OH is 2. The number of esters is 1. The fourth-order valence-corrected chi connectivity index (χ4v) is 8.38. The van der Waals surface area contributed by atoms with Gasteiger partial charge in [0.1, 0.15) is 0 Å². The monoisotopic (exact) mass is 886 g/mol. The summed E-state index contributed by atoms with van der Waals surface area (Å²) in [6.45, 7) is 4.81. The summed E-state index contributed by atoms with van der Waals surface area (Å²) in [5.74, 6) is -0.0709. The van der Waals surface area contributed by atoms with Gasteiger partial charge in [-0.1, -0.05) is 256 Å². The van der Waals surface area contributed by atoms with Crippen LogP contribution < -0.4 is 5.32 Å². The van der Waals surface area contributed by atoms with E-state index < -0.39 is 12.1 Å². The minimum atomic E-state index is -0.841. The van der Waals surface area contributed by atoms with Crippen LogP contribution in [0.4, 0.5) is 0 Å². The average Bonchev–Trinajstić information content (AvgIpc) is 3.28. The van der Waals surface area contributed by atoms with Crippen molar-refractivity contribution in [2.75, 3.05) is 13.2 Å². The Morgan fingerprint density at radius 2 is 0.825 bits per heavy atom. The molecule has 0 aromatic rings. The molecule has 6 heteroatoms. The van der Waals surface area contributed by atoms with Crippen molar-refractivity contribution in [3.05, 3.63) is 36.5 Å².